The van der Waals surface area contributed by atoms with Crippen molar-refractivity contribution in [2.45, 2.75) is 122 Å². The van der Waals surface area contributed by atoms with Gasteiger partial charge in [0.1, 0.15) is 18.3 Å². The van der Waals surface area contributed by atoms with Gasteiger partial charge in [0.05, 0.1) is 12.2 Å². The molecule has 0 bridgehead atoms. The van der Waals surface area contributed by atoms with Gasteiger partial charge in [-0.1, -0.05) is 40.5 Å². The highest BCUT2D eigenvalue weighted by Crippen LogP contribution is 2.42. The van der Waals surface area contributed by atoms with E-state index >= 15 is 0 Å². The van der Waals surface area contributed by atoms with Gasteiger partial charge in [0.2, 0.25) is 0 Å². The third-order valence-electron chi connectivity index (χ3n) is 5.85. The number of aliphatic hydroxyl groups excluding tert-OH is 2. The average Bonchev–Trinajstić information content (AvgIpc) is 2.94. The van der Waals surface area contributed by atoms with E-state index in [0.29, 0.717) is 6.42 Å². The third kappa shape index (κ3) is 4.69. The summed E-state index contributed by atoms with van der Waals surface area (Å²) >= 11 is 0. The first-order valence-corrected chi connectivity index (χ1v) is 12.7. The predicted octanol–water partition coefficient (Wildman–Crippen LogP) is 3.17. The Labute approximate surface area is 159 Å². The van der Waals surface area contributed by atoms with Crippen LogP contribution in [-0.2, 0) is 18.6 Å². The fourth-order valence-corrected chi connectivity index (χ4v) is 4.57. The van der Waals surface area contributed by atoms with Crippen molar-refractivity contribution in [2.24, 2.45) is 0 Å². The molecule has 2 aliphatic heterocycles. The van der Waals surface area contributed by atoms with Crippen LogP contribution in [-0.4, -0.2) is 61.1 Å². The van der Waals surface area contributed by atoms with E-state index in [0.717, 1.165) is 12.8 Å². The Morgan fingerprint density at radius 2 is 1.81 bits per heavy atom. The summed E-state index contributed by atoms with van der Waals surface area (Å²) in [5.41, 5.74) is 0. The number of hydrogen-bond donors (Lipinski definition) is 2. The van der Waals surface area contributed by atoms with E-state index in [9.17, 15) is 10.2 Å². The van der Waals surface area contributed by atoms with Crippen LogP contribution in [0.15, 0.2) is 0 Å². The molecule has 0 saturated carbocycles. The van der Waals surface area contributed by atoms with E-state index in [2.05, 4.69) is 40.8 Å². The summed E-state index contributed by atoms with van der Waals surface area (Å²) in [5.74, 6) is -0.780. The Morgan fingerprint density at radius 3 is 2.31 bits per heavy atom. The van der Waals surface area contributed by atoms with Crippen LogP contribution < -0.4 is 0 Å². The fourth-order valence-electron chi connectivity index (χ4n) is 3.25. The molecule has 7 heteroatoms. The summed E-state index contributed by atoms with van der Waals surface area (Å²) in [5, 5.41) is 21.7. The molecule has 2 saturated heterocycles. The second-order valence-corrected chi connectivity index (χ2v) is 14.4. The van der Waals surface area contributed by atoms with Crippen molar-refractivity contribution < 1.29 is 28.8 Å². The maximum Gasteiger partial charge on any atom is 0.192 e. The van der Waals surface area contributed by atoms with E-state index in [1.54, 1.807) is 13.8 Å². The Hall–Kier alpha value is -0.0231. The SMILES string of the molecule is CCCC[C@H](O)[C@@H](O[Si](C)(C)C(C)(C)C)[C@H]1O[C@@H]2OC(C)(C)O[C@@H]2[C@H]1O. The first-order valence-electron chi connectivity index (χ1n) is 9.84. The molecule has 0 spiro atoms. The average molecular weight is 391 g/mol. The first-order chi connectivity index (χ1) is 11.8. The van der Waals surface area contributed by atoms with E-state index in [1.807, 2.05) is 0 Å². The van der Waals surface area contributed by atoms with Crippen molar-refractivity contribution in [2.75, 3.05) is 0 Å². The molecule has 0 aliphatic carbocycles. The smallest absolute Gasteiger partial charge is 0.192 e. The van der Waals surface area contributed by atoms with Gasteiger partial charge in [-0.25, -0.2) is 0 Å². The van der Waals surface area contributed by atoms with Gasteiger partial charge in [-0.3, -0.25) is 0 Å². The van der Waals surface area contributed by atoms with Gasteiger partial charge in [-0.05, 0) is 38.4 Å². The molecule has 0 aromatic heterocycles. The van der Waals surface area contributed by atoms with Crippen LogP contribution in [0, 0.1) is 0 Å². The molecule has 2 aliphatic rings. The quantitative estimate of drug-likeness (QED) is 0.650. The van der Waals surface area contributed by atoms with Crippen LogP contribution in [0.4, 0.5) is 0 Å². The molecule has 154 valence electrons. The summed E-state index contributed by atoms with van der Waals surface area (Å²) in [4.78, 5) is 0. The van der Waals surface area contributed by atoms with Crippen LogP contribution in [0.25, 0.3) is 0 Å². The lowest BCUT2D eigenvalue weighted by Crippen LogP contribution is -2.54. The number of hydrogen-bond acceptors (Lipinski definition) is 6. The largest absolute Gasteiger partial charge is 0.409 e. The summed E-state index contributed by atoms with van der Waals surface area (Å²) < 4.78 is 24.1. The normalized spacial score (nSPS) is 33.9. The molecule has 2 N–H and O–H groups in total. The summed E-state index contributed by atoms with van der Waals surface area (Å²) in [6.07, 6.45) is -1.54. The van der Waals surface area contributed by atoms with Gasteiger partial charge < -0.3 is 28.8 Å². The summed E-state index contributed by atoms with van der Waals surface area (Å²) in [7, 11) is -2.16. The molecule has 0 unspecified atom stereocenters. The standard InChI is InChI=1S/C19H38O6Si/c1-9-10-11-12(20)14(25-26(7,8)18(2,3)4)15-13(21)16-17(22-15)24-19(5,6)23-16/h12-17,20-21H,9-11H2,1-8H3/t12-,13-,14+,15-,16+,17+/m0/s1. The Bertz CT molecular complexity index is 475. The minimum absolute atomic E-state index is 0.00978. The lowest BCUT2D eigenvalue weighted by molar-refractivity contribution is -0.230. The van der Waals surface area contributed by atoms with Gasteiger partial charge in [0.25, 0.3) is 0 Å². The third-order valence-corrected chi connectivity index (χ3v) is 10.3. The van der Waals surface area contributed by atoms with Crippen LogP contribution in [0.1, 0.15) is 60.8 Å². The number of fused-ring (bicyclic) bond motifs is 1. The highest BCUT2D eigenvalue weighted by Gasteiger charge is 2.58. The van der Waals surface area contributed by atoms with E-state index in [-0.39, 0.29) is 5.04 Å². The number of unbranched alkanes of at least 4 members (excludes halogenated alkanes) is 1. The fraction of sp³-hybridized carbons (Fsp3) is 1.00. The maximum absolute atomic E-state index is 10.8. The molecule has 0 aromatic rings. The molecular weight excluding hydrogens is 352 g/mol. The van der Waals surface area contributed by atoms with Gasteiger partial charge in [-0.2, -0.15) is 0 Å². The summed E-state index contributed by atoms with van der Waals surface area (Å²) in [6.45, 7) is 16.5. The number of ether oxygens (including phenoxy) is 3. The minimum atomic E-state index is -2.16. The predicted molar refractivity (Wildman–Crippen MR) is 102 cm³/mol. The highest BCUT2D eigenvalue weighted by molar-refractivity contribution is 6.74. The van der Waals surface area contributed by atoms with Crippen LogP contribution in [0.2, 0.25) is 18.1 Å². The van der Waals surface area contributed by atoms with Gasteiger partial charge in [-0.15, -0.1) is 0 Å². The zero-order valence-electron chi connectivity index (χ0n) is 17.6. The highest BCUT2D eigenvalue weighted by atomic mass is 28.4. The molecule has 2 rings (SSSR count). The minimum Gasteiger partial charge on any atom is -0.409 e. The lowest BCUT2D eigenvalue weighted by Gasteiger charge is -2.42. The topological polar surface area (TPSA) is 77.4 Å². The van der Waals surface area contributed by atoms with E-state index in [1.165, 1.54) is 0 Å². The second-order valence-electron chi connectivity index (χ2n) is 9.61. The van der Waals surface area contributed by atoms with Crippen molar-refractivity contribution in [3.63, 3.8) is 0 Å². The van der Waals surface area contributed by atoms with E-state index < -0.39 is 50.9 Å². The zero-order valence-corrected chi connectivity index (χ0v) is 18.6. The molecule has 0 amide bonds. The molecule has 2 fully saturated rings. The zero-order chi connectivity index (χ0) is 19.9. The monoisotopic (exact) mass is 390 g/mol. The molecule has 0 aromatic carbocycles. The maximum atomic E-state index is 10.8. The van der Waals surface area contributed by atoms with Gasteiger partial charge >= 0.3 is 0 Å². The number of aliphatic hydroxyl groups is 2. The molecule has 6 nitrogen and oxygen atoms in total. The van der Waals surface area contributed by atoms with Crippen LogP contribution >= 0.6 is 0 Å². The Morgan fingerprint density at radius 1 is 1.19 bits per heavy atom. The van der Waals surface area contributed by atoms with Crippen molar-refractivity contribution >= 4 is 8.32 Å². The number of rotatable bonds is 7. The summed E-state index contributed by atoms with van der Waals surface area (Å²) in [6, 6.07) is 0. The molecular formula is C19H38O6Si. The molecule has 26 heavy (non-hydrogen) atoms. The van der Waals surface area contributed by atoms with Crippen molar-refractivity contribution in [3.8, 4) is 0 Å². The first kappa shape index (κ1) is 22.3. The Balaban J connectivity index is 2.19. The second kappa shape index (κ2) is 7.77. The van der Waals surface area contributed by atoms with Crippen molar-refractivity contribution in [1.82, 2.24) is 0 Å². The molecule has 6 atom stereocenters. The lowest BCUT2D eigenvalue weighted by atomic mass is 9.98. The van der Waals surface area contributed by atoms with Gasteiger partial charge in [0.15, 0.2) is 20.4 Å². The van der Waals surface area contributed by atoms with Gasteiger partial charge in [0, 0.05) is 0 Å². The van der Waals surface area contributed by atoms with E-state index in [4.69, 9.17) is 18.6 Å². The Kier molecular flexibility index (Phi) is 6.66. The van der Waals surface area contributed by atoms with Crippen molar-refractivity contribution in [1.29, 1.82) is 0 Å². The van der Waals surface area contributed by atoms with Crippen LogP contribution in [0.5, 0.6) is 0 Å². The van der Waals surface area contributed by atoms with Crippen molar-refractivity contribution in [3.05, 3.63) is 0 Å². The molecule has 2 heterocycles. The van der Waals surface area contributed by atoms with Crippen LogP contribution in [0.3, 0.4) is 0 Å². The molecule has 0 radical (unpaired) electrons.